The zero-order valence-corrected chi connectivity index (χ0v) is 13.7. The van der Waals surface area contributed by atoms with E-state index in [2.05, 4.69) is 5.32 Å². The zero-order valence-electron chi connectivity index (χ0n) is 13.7. The molecule has 0 saturated heterocycles. The molecule has 1 heterocycles. The molecule has 0 spiro atoms. The number of hydrogen-bond acceptors (Lipinski definition) is 4. The Hall–Kier alpha value is -2.82. The number of amides is 1. The number of benzene rings is 2. The van der Waals surface area contributed by atoms with Crippen molar-refractivity contribution in [3.63, 3.8) is 0 Å². The summed E-state index contributed by atoms with van der Waals surface area (Å²) in [5.41, 5.74) is 3.83. The summed E-state index contributed by atoms with van der Waals surface area (Å²) < 4.78 is 10.7. The van der Waals surface area contributed by atoms with E-state index in [4.69, 9.17) is 9.47 Å². The van der Waals surface area contributed by atoms with Crippen molar-refractivity contribution in [2.24, 2.45) is 0 Å². The number of rotatable bonds is 4. The van der Waals surface area contributed by atoms with Gasteiger partial charge < -0.3 is 14.8 Å². The van der Waals surface area contributed by atoms with Crippen LogP contribution in [0.2, 0.25) is 0 Å². The highest BCUT2D eigenvalue weighted by Crippen LogP contribution is 2.33. The van der Waals surface area contributed by atoms with Gasteiger partial charge in [-0.2, -0.15) is 0 Å². The van der Waals surface area contributed by atoms with Gasteiger partial charge in [0.05, 0.1) is 6.61 Å². The molecule has 1 atom stereocenters. The summed E-state index contributed by atoms with van der Waals surface area (Å²) >= 11 is 0. The lowest BCUT2D eigenvalue weighted by Crippen LogP contribution is -2.27. The van der Waals surface area contributed by atoms with Crippen molar-refractivity contribution in [3.8, 4) is 16.9 Å². The van der Waals surface area contributed by atoms with Crippen molar-refractivity contribution in [2.45, 2.75) is 26.4 Å². The summed E-state index contributed by atoms with van der Waals surface area (Å²) in [6.07, 6.45) is -0.0382. The van der Waals surface area contributed by atoms with Gasteiger partial charge in [-0.05, 0) is 47.9 Å². The molecule has 5 heteroatoms. The van der Waals surface area contributed by atoms with Crippen molar-refractivity contribution < 1.29 is 19.1 Å². The highest BCUT2D eigenvalue weighted by molar-refractivity contribution is 5.89. The Morgan fingerprint density at radius 1 is 1.17 bits per heavy atom. The first kappa shape index (κ1) is 16.1. The molecule has 1 N–H and O–H groups in total. The van der Waals surface area contributed by atoms with Gasteiger partial charge in [-0.3, -0.25) is 4.79 Å². The molecule has 3 rings (SSSR count). The Bertz CT molecular complexity index is 767. The van der Waals surface area contributed by atoms with Crippen molar-refractivity contribution in [3.05, 3.63) is 48.0 Å². The quantitative estimate of drug-likeness (QED) is 0.877. The van der Waals surface area contributed by atoms with Crippen LogP contribution in [0.15, 0.2) is 42.5 Å². The molecule has 0 aromatic heterocycles. The molecule has 5 nitrogen and oxygen atoms in total. The van der Waals surface area contributed by atoms with E-state index in [-0.39, 0.29) is 11.9 Å². The summed E-state index contributed by atoms with van der Waals surface area (Å²) in [4.78, 5) is 22.9. The first-order chi connectivity index (χ1) is 11.6. The van der Waals surface area contributed by atoms with Gasteiger partial charge >= 0.3 is 5.97 Å². The fraction of sp³-hybridized carbons (Fsp3) is 0.263. The lowest BCUT2D eigenvalue weighted by molar-refractivity contribution is -0.150. The highest BCUT2D eigenvalue weighted by atomic mass is 16.6. The molecule has 124 valence electrons. The van der Waals surface area contributed by atoms with Gasteiger partial charge in [0.1, 0.15) is 5.75 Å². The maximum Gasteiger partial charge on any atom is 0.347 e. The van der Waals surface area contributed by atoms with Crippen LogP contribution in [0, 0.1) is 0 Å². The molecule has 0 bridgehead atoms. The second kappa shape index (κ2) is 6.74. The third kappa shape index (κ3) is 3.40. The molecule has 1 aliphatic heterocycles. The number of anilines is 1. The Kier molecular flexibility index (Phi) is 4.51. The molecule has 1 aliphatic rings. The van der Waals surface area contributed by atoms with Crippen LogP contribution in [0.4, 0.5) is 5.69 Å². The predicted octanol–water partition coefficient (Wildman–Crippen LogP) is 3.18. The fourth-order valence-electron chi connectivity index (χ4n) is 2.74. The number of hydrogen-bond donors (Lipinski definition) is 1. The molecule has 0 radical (unpaired) electrons. The number of fused-ring (bicyclic) bond motifs is 1. The van der Waals surface area contributed by atoms with Gasteiger partial charge in [0, 0.05) is 19.0 Å². The Labute approximate surface area is 140 Å². The van der Waals surface area contributed by atoms with Crippen LogP contribution < -0.4 is 10.1 Å². The van der Waals surface area contributed by atoms with Crippen LogP contribution >= 0.6 is 0 Å². The van der Waals surface area contributed by atoms with E-state index in [0.29, 0.717) is 13.0 Å². The third-order valence-corrected chi connectivity index (χ3v) is 3.82. The molecule has 0 fully saturated rings. The minimum absolute atomic E-state index is 0.0950. The van der Waals surface area contributed by atoms with E-state index >= 15 is 0 Å². The van der Waals surface area contributed by atoms with Gasteiger partial charge in [0.25, 0.3) is 0 Å². The summed E-state index contributed by atoms with van der Waals surface area (Å²) in [6.45, 7) is 3.61. The van der Waals surface area contributed by atoms with Crippen LogP contribution in [0.25, 0.3) is 11.1 Å². The monoisotopic (exact) mass is 325 g/mol. The lowest BCUT2D eigenvalue weighted by Gasteiger charge is -2.08. The largest absolute Gasteiger partial charge is 0.478 e. The highest BCUT2D eigenvalue weighted by Gasteiger charge is 2.30. The number of carbonyl (C=O) groups is 2. The molecular formula is C19H19NO4. The normalized spacial score (nSPS) is 15.3. The molecule has 2 aromatic carbocycles. The molecule has 1 unspecified atom stereocenters. The molecule has 2 aromatic rings. The summed E-state index contributed by atoms with van der Waals surface area (Å²) in [5.74, 6) is 0.309. The van der Waals surface area contributed by atoms with Gasteiger partial charge in [-0.15, -0.1) is 0 Å². The predicted molar refractivity (Wildman–Crippen MR) is 90.9 cm³/mol. The molecule has 0 aliphatic carbocycles. The maximum absolute atomic E-state index is 11.8. The second-order valence-electron chi connectivity index (χ2n) is 5.64. The van der Waals surface area contributed by atoms with Gasteiger partial charge in [0.2, 0.25) is 5.91 Å². The van der Waals surface area contributed by atoms with E-state index in [1.54, 1.807) is 6.92 Å². The van der Waals surface area contributed by atoms with Crippen molar-refractivity contribution in [1.82, 2.24) is 0 Å². The standard InChI is InChI=1S/C19H19NO4/c1-3-23-19(22)18-11-15-10-14(6-9-17(15)24-18)13-4-7-16(8-5-13)20-12(2)21/h4-10,18H,3,11H2,1-2H3,(H,20,21). The van der Waals surface area contributed by atoms with Crippen LogP contribution in [0.1, 0.15) is 19.4 Å². The average molecular weight is 325 g/mol. The van der Waals surface area contributed by atoms with E-state index in [9.17, 15) is 9.59 Å². The Morgan fingerprint density at radius 3 is 2.54 bits per heavy atom. The summed E-state index contributed by atoms with van der Waals surface area (Å²) in [5, 5.41) is 2.75. The van der Waals surface area contributed by atoms with Crippen LogP contribution in [0.3, 0.4) is 0 Å². The number of ether oxygens (including phenoxy) is 2. The van der Waals surface area contributed by atoms with E-state index in [0.717, 1.165) is 28.1 Å². The van der Waals surface area contributed by atoms with Crippen LogP contribution in [0.5, 0.6) is 5.75 Å². The number of nitrogens with one attached hydrogen (secondary N) is 1. The minimum Gasteiger partial charge on any atom is -0.478 e. The smallest absolute Gasteiger partial charge is 0.347 e. The fourth-order valence-corrected chi connectivity index (χ4v) is 2.74. The van der Waals surface area contributed by atoms with E-state index in [1.807, 2.05) is 42.5 Å². The number of carbonyl (C=O) groups excluding carboxylic acids is 2. The lowest BCUT2D eigenvalue weighted by atomic mass is 10.0. The van der Waals surface area contributed by atoms with Crippen molar-refractivity contribution in [1.29, 1.82) is 0 Å². The van der Waals surface area contributed by atoms with Gasteiger partial charge in [-0.25, -0.2) is 4.79 Å². The first-order valence-corrected chi connectivity index (χ1v) is 7.91. The average Bonchev–Trinajstić information content (AvgIpc) is 2.98. The van der Waals surface area contributed by atoms with E-state index < -0.39 is 6.10 Å². The number of esters is 1. The van der Waals surface area contributed by atoms with Crippen LogP contribution in [-0.4, -0.2) is 24.6 Å². The molecule has 24 heavy (non-hydrogen) atoms. The van der Waals surface area contributed by atoms with Crippen LogP contribution in [-0.2, 0) is 20.7 Å². The zero-order chi connectivity index (χ0) is 17.1. The van der Waals surface area contributed by atoms with Crippen molar-refractivity contribution >= 4 is 17.6 Å². The molecule has 1 amide bonds. The van der Waals surface area contributed by atoms with Gasteiger partial charge in [-0.1, -0.05) is 18.2 Å². The first-order valence-electron chi connectivity index (χ1n) is 7.91. The second-order valence-corrected chi connectivity index (χ2v) is 5.64. The van der Waals surface area contributed by atoms with E-state index in [1.165, 1.54) is 6.92 Å². The topological polar surface area (TPSA) is 64.6 Å². The Morgan fingerprint density at radius 2 is 1.88 bits per heavy atom. The van der Waals surface area contributed by atoms with Crippen molar-refractivity contribution in [2.75, 3.05) is 11.9 Å². The summed E-state index contributed by atoms with van der Waals surface area (Å²) in [6, 6.07) is 13.5. The maximum atomic E-state index is 11.8. The molecule has 0 saturated carbocycles. The third-order valence-electron chi connectivity index (χ3n) is 3.82. The van der Waals surface area contributed by atoms with Gasteiger partial charge in [0.15, 0.2) is 6.10 Å². The molecular weight excluding hydrogens is 306 g/mol. The SMILES string of the molecule is CCOC(=O)C1Cc2cc(-c3ccc(NC(C)=O)cc3)ccc2O1. The minimum atomic E-state index is -0.558. The summed E-state index contributed by atoms with van der Waals surface area (Å²) in [7, 11) is 0. The Balaban J connectivity index is 1.77.